The molecule has 3 heterocycles. The van der Waals surface area contributed by atoms with Gasteiger partial charge in [0.2, 0.25) is 0 Å². The summed E-state index contributed by atoms with van der Waals surface area (Å²) in [6.07, 6.45) is 1.01. The van der Waals surface area contributed by atoms with Crippen molar-refractivity contribution in [3.8, 4) is 11.1 Å². The zero-order valence-electron chi connectivity index (χ0n) is 16.1. The van der Waals surface area contributed by atoms with E-state index < -0.39 is 0 Å². The maximum atomic E-state index is 12.9. The van der Waals surface area contributed by atoms with E-state index in [0.717, 1.165) is 28.9 Å². The molecule has 0 saturated carbocycles. The first kappa shape index (κ1) is 17.7. The second-order valence-corrected chi connectivity index (χ2v) is 7.95. The Labute approximate surface area is 169 Å². The van der Waals surface area contributed by atoms with Gasteiger partial charge in [-0.1, -0.05) is 48.5 Å². The third-order valence-electron chi connectivity index (χ3n) is 5.99. The summed E-state index contributed by atoms with van der Waals surface area (Å²) in [5.74, 6) is 0.458. The standard InChI is InChI=1S/C24H23N3O2/c28-22-12-11-21(18-7-3-1-4-8-18)23-19-13-17(15-27(22)23)14-26(16-19)24(29)25-20-9-5-2-6-10-20/h1-12,17,19H,13-16H2,(H,25,29). The average Bonchev–Trinajstić information content (AvgIpc) is 2.75. The third kappa shape index (κ3) is 3.33. The van der Waals surface area contributed by atoms with Crippen LogP contribution in [-0.2, 0) is 6.54 Å². The summed E-state index contributed by atoms with van der Waals surface area (Å²) < 4.78 is 1.94. The highest BCUT2D eigenvalue weighted by molar-refractivity contribution is 5.89. The van der Waals surface area contributed by atoms with Crippen LogP contribution in [0.5, 0.6) is 0 Å². The van der Waals surface area contributed by atoms with E-state index in [1.54, 1.807) is 6.07 Å². The molecule has 0 aliphatic carbocycles. The first-order valence-corrected chi connectivity index (χ1v) is 10.1. The van der Waals surface area contributed by atoms with Gasteiger partial charge >= 0.3 is 6.03 Å². The molecule has 0 spiro atoms. The zero-order chi connectivity index (χ0) is 19.8. The van der Waals surface area contributed by atoms with Gasteiger partial charge in [0.1, 0.15) is 0 Å². The second-order valence-electron chi connectivity index (χ2n) is 7.95. The monoisotopic (exact) mass is 385 g/mol. The van der Waals surface area contributed by atoms with Crippen LogP contribution in [0.15, 0.2) is 77.6 Å². The Hall–Kier alpha value is -3.34. The van der Waals surface area contributed by atoms with Gasteiger partial charge in [-0.2, -0.15) is 0 Å². The number of nitrogens with zero attached hydrogens (tertiary/aromatic N) is 2. The summed E-state index contributed by atoms with van der Waals surface area (Å²) in [7, 11) is 0. The molecular weight excluding hydrogens is 362 g/mol. The van der Waals surface area contributed by atoms with E-state index in [4.69, 9.17) is 0 Å². The lowest BCUT2D eigenvalue weighted by Crippen LogP contribution is -2.50. The third-order valence-corrected chi connectivity index (χ3v) is 5.99. The fourth-order valence-corrected chi connectivity index (χ4v) is 4.77. The second kappa shape index (κ2) is 7.24. The lowest BCUT2D eigenvalue weighted by Gasteiger charge is -2.43. The summed E-state index contributed by atoms with van der Waals surface area (Å²) in [5, 5.41) is 3.00. The topological polar surface area (TPSA) is 54.3 Å². The molecule has 29 heavy (non-hydrogen) atoms. The van der Waals surface area contributed by atoms with Gasteiger partial charge in [-0.25, -0.2) is 4.79 Å². The molecule has 2 aliphatic heterocycles. The van der Waals surface area contributed by atoms with Crippen LogP contribution >= 0.6 is 0 Å². The molecule has 2 aliphatic rings. The Morgan fingerprint density at radius 3 is 2.34 bits per heavy atom. The summed E-state index contributed by atoms with van der Waals surface area (Å²) in [5.41, 5.74) is 4.13. The number of para-hydroxylation sites is 1. The molecule has 2 aromatic carbocycles. The first-order valence-electron chi connectivity index (χ1n) is 10.1. The molecule has 1 saturated heterocycles. The fraction of sp³-hybridized carbons (Fsp3) is 0.250. The average molecular weight is 385 g/mol. The number of carbonyl (C=O) groups excluding carboxylic acids is 1. The molecule has 1 fully saturated rings. The molecule has 2 unspecified atom stereocenters. The fourth-order valence-electron chi connectivity index (χ4n) is 4.77. The van der Waals surface area contributed by atoms with Crippen molar-refractivity contribution in [2.24, 2.45) is 5.92 Å². The van der Waals surface area contributed by atoms with E-state index in [-0.39, 0.29) is 17.5 Å². The number of amides is 2. The van der Waals surface area contributed by atoms with Crippen molar-refractivity contribution in [3.05, 3.63) is 88.8 Å². The normalized spacial score (nSPS) is 20.1. The number of carbonyl (C=O) groups is 1. The lowest BCUT2D eigenvalue weighted by molar-refractivity contribution is 0.140. The Morgan fingerprint density at radius 2 is 1.59 bits per heavy atom. The van der Waals surface area contributed by atoms with Gasteiger partial charge in [0, 0.05) is 48.6 Å². The van der Waals surface area contributed by atoms with Crippen LogP contribution in [0, 0.1) is 5.92 Å². The van der Waals surface area contributed by atoms with E-state index >= 15 is 0 Å². The highest BCUT2D eigenvalue weighted by Crippen LogP contribution is 2.39. The molecule has 146 valence electrons. The Kier molecular flexibility index (Phi) is 4.43. The minimum absolute atomic E-state index is 0.0524. The number of pyridine rings is 1. The lowest BCUT2D eigenvalue weighted by atomic mass is 9.80. The van der Waals surface area contributed by atoms with E-state index in [2.05, 4.69) is 17.4 Å². The predicted octanol–water partition coefficient (Wildman–Crippen LogP) is 4.17. The number of anilines is 1. The smallest absolute Gasteiger partial charge is 0.321 e. The molecule has 5 heteroatoms. The number of piperidine rings is 1. The van der Waals surface area contributed by atoms with Gasteiger partial charge in [-0.15, -0.1) is 0 Å². The first-order chi connectivity index (χ1) is 14.2. The molecule has 2 atom stereocenters. The number of likely N-dealkylation sites (tertiary alicyclic amines) is 1. The molecule has 2 bridgehead atoms. The van der Waals surface area contributed by atoms with Crippen LogP contribution < -0.4 is 10.9 Å². The molecular formula is C24H23N3O2. The summed E-state index contributed by atoms with van der Waals surface area (Å²) >= 11 is 0. The van der Waals surface area contributed by atoms with Crippen LogP contribution in [0.1, 0.15) is 18.0 Å². The predicted molar refractivity (Wildman–Crippen MR) is 114 cm³/mol. The van der Waals surface area contributed by atoms with Crippen molar-refractivity contribution in [1.29, 1.82) is 0 Å². The number of rotatable bonds is 2. The van der Waals surface area contributed by atoms with Crippen molar-refractivity contribution in [2.45, 2.75) is 18.9 Å². The molecule has 1 N–H and O–H groups in total. The van der Waals surface area contributed by atoms with E-state index in [9.17, 15) is 9.59 Å². The highest BCUT2D eigenvalue weighted by Gasteiger charge is 2.37. The molecule has 5 nitrogen and oxygen atoms in total. The van der Waals surface area contributed by atoms with Gasteiger partial charge in [0.25, 0.3) is 5.56 Å². The van der Waals surface area contributed by atoms with Crippen molar-refractivity contribution < 1.29 is 4.79 Å². The number of hydrogen-bond acceptors (Lipinski definition) is 2. The van der Waals surface area contributed by atoms with Gasteiger partial charge < -0.3 is 14.8 Å². The maximum absolute atomic E-state index is 12.9. The molecule has 5 rings (SSSR count). The number of aromatic nitrogens is 1. The van der Waals surface area contributed by atoms with Crippen molar-refractivity contribution >= 4 is 11.7 Å². The minimum Gasteiger partial charge on any atom is -0.324 e. The molecule has 1 aromatic heterocycles. The SMILES string of the molecule is O=C(Nc1ccccc1)N1CC2CC(C1)c1c(-c3ccccc3)ccc(=O)n1C2. The summed E-state index contributed by atoms with van der Waals surface area (Å²) in [4.78, 5) is 27.4. The Balaban J connectivity index is 1.47. The molecule has 0 radical (unpaired) electrons. The molecule has 3 aromatic rings. The number of urea groups is 1. The van der Waals surface area contributed by atoms with Crippen LogP contribution in [0.2, 0.25) is 0 Å². The van der Waals surface area contributed by atoms with Crippen molar-refractivity contribution in [2.75, 3.05) is 18.4 Å². The Bertz CT molecular complexity index is 1090. The quantitative estimate of drug-likeness (QED) is 0.720. The summed E-state index contributed by atoms with van der Waals surface area (Å²) in [6.45, 7) is 1.97. The zero-order valence-corrected chi connectivity index (χ0v) is 16.1. The largest absolute Gasteiger partial charge is 0.324 e. The van der Waals surface area contributed by atoms with Crippen molar-refractivity contribution in [1.82, 2.24) is 9.47 Å². The van der Waals surface area contributed by atoms with Crippen LogP contribution in [0.4, 0.5) is 10.5 Å². The minimum atomic E-state index is -0.0705. The summed E-state index contributed by atoms with van der Waals surface area (Å²) in [6, 6.07) is 23.3. The van der Waals surface area contributed by atoms with E-state index in [1.165, 1.54) is 0 Å². The van der Waals surface area contributed by atoms with Crippen LogP contribution in [-0.4, -0.2) is 28.6 Å². The van der Waals surface area contributed by atoms with Crippen LogP contribution in [0.25, 0.3) is 11.1 Å². The Morgan fingerprint density at radius 1 is 0.862 bits per heavy atom. The van der Waals surface area contributed by atoms with Gasteiger partial charge in [-0.05, 0) is 36.1 Å². The van der Waals surface area contributed by atoms with Crippen molar-refractivity contribution in [3.63, 3.8) is 0 Å². The van der Waals surface area contributed by atoms with Crippen LogP contribution in [0.3, 0.4) is 0 Å². The van der Waals surface area contributed by atoms with E-state index in [0.29, 0.717) is 25.6 Å². The number of fused-ring (bicyclic) bond motifs is 4. The maximum Gasteiger partial charge on any atom is 0.321 e. The van der Waals surface area contributed by atoms with Gasteiger partial charge in [-0.3, -0.25) is 4.79 Å². The highest BCUT2D eigenvalue weighted by atomic mass is 16.2. The van der Waals surface area contributed by atoms with Gasteiger partial charge in [0.15, 0.2) is 0 Å². The van der Waals surface area contributed by atoms with Gasteiger partial charge in [0.05, 0.1) is 0 Å². The van der Waals surface area contributed by atoms with E-state index in [1.807, 2.05) is 64.1 Å². The number of hydrogen-bond donors (Lipinski definition) is 1. The number of nitrogens with one attached hydrogen (secondary N) is 1. The molecule has 2 amide bonds. The number of benzene rings is 2.